The summed E-state index contributed by atoms with van der Waals surface area (Å²) in [6.07, 6.45) is 1.64. The molecule has 0 unspecified atom stereocenters. The second-order valence-electron chi connectivity index (χ2n) is 6.80. The van der Waals surface area contributed by atoms with Gasteiger partial charge in [0.2, 0.25) is 0 Å². The van der Waals surface area contributed by atoms with E-state index in [9.17, 15) is 4.79 Å². The third-order valence-corrected chi connectivity index (χ3v) is 4.84. The van der Waals surface area contributed by atoms with Crippen LogP contribution in [0, 0.1) is 0 Å². The van der Waals surface area contributed by atoms with Gasteiger partial charge >= 0.3 is 0 Å². The SMILES string of the molecule is CCOc1ccc2ccccc2c1/C=N\NC(=O)CNc1cccc2ccccc12. The number of fused-ring (bicyclic) bond motifs is 2. The first-order valence-electron chi connectivity index (χ1n) is 9.94. The van der Waals surface area contributed by atoms with Gasteiger partial charge in [0, 0.05) is 16.6 Å². The fourth-order valence-electron chi connectivity index (χ4n) is 3.45. The molecule has 30 heavy (non-hydrogen) atoms. The van der Waals surface area contributed by atoms with Crippen LogP contribution >= 0.6 is 0 Å². The number of rotatable bonds is 7. The van der Waals surface area contributed by atoms with Crippen LogP contribution in [0.1, 0.15) is 12.5 Å². The fraction of sp³-hybridized carbons (Fsp3) is 0.120. The Bertz CT molecular complexity index is 1210. The quantitative estimate of drug-likeness (QED) is 0.342. The first-order valence-corrected chi connectivity index (χ1v) is 9.94. The highest BCUT2D eigenvalue weighted by atomic mass is 16.5. The van der Waals surface area contributed by atoms with Crippen LogP contribution in [0.3, 0.4) is 0 Å². The minimum absolute atomic E-state index is 0.124. The number of hydrogen-bond acceptors (Lipinski definition) is 4. The standard InChI is InChI=1S/C25H23N3O2/c1-2-30-24-15-14-19-9-3-5-11-20(19)22(24)16-27-28-25(29)17-26-23-13-7-10-18-8-4-6-12-21(18)23/h3-16,26H,2,17H2,1H3,(H,28,29)/b27-16-. The number of nitrogens with one attached hydrogen (secondary N) is 2. The predicted octanol–water partition coefficient (Wildman–Crippen LogP) is 4.95. The van der Waals surface area contributed by atoms with Crippen molar-refractivity contribution in [3.63, 3.8) is 0 Å². The van der Waals surface area contributed by atoms with Crippen LogP contribution in [-0.2, 0) is 4.79 Å². The molecule has 0 aromatic heterocycles. The molecule has 4 aromatic rings. The van der Waals surface area contributed by atoms with Crippen molar-refractivity contribution in [2.75, 3.05) is 18.5 Å². The zero-order valence-electron chi connectivity index (χ0n) is 16.8. The predicted molar refractivity (Wildman–Crippen MR) is 123 cm³/mol. The van der Waals surface area contributed by atoms with E-state index in [0.717, 1.165) is 38.5 Å². The molecule has 1 amide bonds. The molecule has 0 radical (unpaired) electrons. The van der Waals surface area contributed by atoms with Crippen molar-refractivity contribution in [1.82, 2.24) is 5.43 Å². The molecule has 0 saturated heterocycles. The Morgan fingerprint density at radius 1 is 0.900 bits per heavy atom. The van der Waals surface area contributed by atoms with Crippen LogP contribution < -0.4 is 15.5 Å². The second kappa shape index (κ2) is 9.09. The number of nitrogens with zero attached hydrogens (tertiary/aromatic N) is 1. The van der Waals surface area contributed by atoms with Crippen LogP contribution in [0.15, 0.2) is 84.0 Å². The Hall–Kier alpha value is -3.86. The van der Waals surface area contributed by atoms with Crippen LogP contribution in [0.5, 0.6) is 5.75 Å². The Morgan fingerprint density at radius 2 is 1.60 bits per heavy atom. The molecule has 2 N–H and O–H groups in total. The van der Waals surface area contributed by atoms with E-state index in [4.69, 9.17) is 4.74 Å². The van der Waals surface area contributed by atoms with Gasteiger partial charge in [-0.1, -0.05) is 66.7 Å². The maximum atomic E-state index is 12.3. The summed E-state index contributed by atoms with van der Waals surface area (Å²) in [5.74, 6) is 0.514. The molecular formula is C25H23N3O2. The topological polar surface area (TPSA) is 62.7 Å². The first-order chi connectivity index (χ1) is 14.8. The summed E-state index contributed by atoms with van der Waals surface area (Å²) >= 11 is 0. The molecule has 150 valence electrons. The molecule has 4 rings (SSSR count). The van der Waals surface area contributed by atoms with Crippen LogP contribution in [-0.4, -0.2) is 25.3 Å². The van der Waals surface area contributed by atoms with Gasteiger partial charge in [0.1, 0.15) is 5.75 Å². The maximum absolute atomic E-state index is 12.3. The summed E-state index contributed by atoms with van der Waals surface area (Å²) in [6, 6.07) is 26.0. The summed E-state index contributed by atoms with van der Waals surface area (Å²) < 4.78 is 5.73. The molecule has 5 heteroatoms. The van der Waals surface area contributed by atoms with Gasteiger partial charge in [-0.05, 0) is 35.2 Å². The van der Waals surface area contributed by atoms with Crippen molar-refractivity contribution in [3.8, 4) is 5.75 Å². The number of anilines is 1. The molecule has 0 atom stereocenters. The molecule has 0 bridgehead atoms. The number of carbonyl (C=O) groups excluding carboxylic acids is 1. The minimum Gasteiger partial charge on any atom is -0.493 e. The highest BCUT2D eigenvalue weighted by Crippen LogP contribution is 2.26. The molecule has 5 nitrogen and oxygen atoms in total. The van der Waals surface area contributed by atoms with Crippen molar-refractivity contribution in [1.29, 1.82) is 0 Å². The molecule has 0 spiro atoms. The number of hydrogen-bond donors (Lipinski definition) is 2. The van der Waals surface area contributed by atoms with Crippen molar-refractivity contribution in [2.45, 2.75) is 6.92 Å². The lowest BCUT2D eigenvalue weighted by Gasteiger charge is -2.10. The molecular weight excluding hydrogens is 374 g/mol. The van der Waals surface area contributed by atoms with Gasteiger partial charge in [-0.25, -0.2) is 5.43 Å². The third-order valence-electron chi connectivity index (χ3n) is 4.84. The number of benzene rings is 4. The molecule has 0 aliphatic rings. The van der Waals surface area contributed by atoms with E-state index in [1.807, 2.05) is 85.8 Å². The van der Waals surface area contributed by atoms with E-state index >= 15 is 0 Å². The Balaban J connectivity index is 1.45. The lowest BCUT2D eigenvalue weighted by Crippen LogP contribution is -2.26. The van der Waals surface area contributed by atoms with Crippen LogP contribution in [0.25, 0.3) is 21.5 Å². The maximum Gasteiger partial charge on any atom is 0.259 e. The monoisotopic (exact) mass is 397 g/mol. The highest BCUT2D eigenvalue weighted by molar-refractivity contribution is 6.03. The van der Waals surface area contributed by atoms with Crippen LogP contribution in [0.2, 0.25) is 0 Å². The number of amides is 1. The average molecular weight is 397 g/mol. The zero-order valence-corrected chi connectivity index (χ0v) is 16.8. The summed E-state index contributed by atoms with van der Waals surface area (Å²) in [7, 11) is 0. The summed E-state index contributed by atoms with van der Waals surface area (Å²) in [5, 5.41) is 11.7. The normalized spacial score (nSPS) is 11.1. The summed E-state index contributed by atoms with van der Waals surface area (Å²) in [5.41, 5.74) is 4.36. The van der Waals surface area contributed by atoms with Gasteiger partial charge in [-0.2, -0.15) is 5.10 Å². The fourth-order valence-corrected chi connectivity index (χ4v) is 3.45. The average Bonchev–Trinajstić information content (AvgIpc) is 2.79. The van der Waals surface area contributed by atoms with Gasteiger partial charge in [0.25, 0.3) is 5.91 Å². The van der Waals surface area contributed by atoms with E-state index in [0.29, 0.717) is 6.61 Å². The van der Waals surface area contributed by atoms with E-state index in [2.05, 4.69) is 15.8 Å². The summed E-state index contributed by atoms with van der Waals surface area (Å²) in [4.78, 5) is 12.3. The van der Waals surface area contributed by atoms with Crippen molar-refractivity contribution in [2.24, 2.45) is 5.10 Å². The summed E-state index contributed by atoms with van der Waals surface area (Å²) in [6.45, 7) is 2.62. The second-order valence-corrected chi connectivity index (χ2v) is 6.80. The minimum atomic E-state index is -0.225. The van der Waals surface area contributed by atoms with E-state index in [-0.39, 0.29) is 12.5 Å². The van der Waals surface area contributed by atoms with E-state index < -0.39 is 0 Å². The lowest BCUT2D eigenvalue weighted by atomic mass is 10.0. The lowest BCUT2D eigenvalue weighted by molar-refractivity contribution is -0.119. The van der Waals surface area contributed by atoms with Gasteiger partial charge < -0.3 is 10.1 Å². The van der Waals surface area contributed by atoms with Crippen molar-refractivity contribution >= 4 is 39.4 Å². The molecule has 4 aromatic carbocycles. The molecule has 0 fully saturated rings. The molecule has 0 heterocycles. The Labute approximate surface area is 175 Å². The zero-order chi connectivity index (χ0) is 20.8. The number of ether oxygens (including phenoxy) is 1. The number of hydrazone groups is 1. The Morgan fingerprint density at radius 3 is 2.40 bits per heavy atom. The van der Waals surface area contributed by atoms with Crippen molar-refractivity contribution in [3.05, 3.63) is 84.4 Å². The first kappa shape index (κ1) is 19.5. The molecule has 0 aliphatic heterocycles. The molecule has 0 saturated carbocycles. The van der Waals surface area contributed by atoms with Gasteiger partial charge in [0.05, 0.1) is 19.4 Å². The number of carbonyl (C=O) groups is 1. The van der Waals surface area contributed by atoms with Crippen LogP contribution in [0.4, 0.5) is 5.69 Å². The van der Waals surface area contributed by atoms with Gasteiger partial charge in [-0.3, -0.25) is 4.79 Å². The molecule has 0 aliphatic carbocycles. The van der Waals surface area contributed by atoms with Gasteiger partial charge in [-0.15, -0.1) is 0 Å². The smallest absolute Gasteiger partial charge is 0.259 e. The van der Waals surface area contributed by atoms with E-state index in [1.165, 1.54) is 0 Å². The Kier molecular flexibility index (Phi) is 5.90. The van der Waals surface area contributed by atoms with Crippen molar-refractivity contribution < 1.29 is 9.53 Å². The highest BCUT2D eigenvalue weighted by Gasteiger charge is 2.07. The largest absolute Gasteiger partial charge is 0.493 e. The third kappa shape index (κ3) is 4.25. The van der Waals surface area contributed by atoms with E-state index in [1.54, 1.807) is 6.21 Å². The van der Waals surface area contributed by atoms with Gasteiger partial charge in [0.15, 0.2) is 0 Å².